The molecule has 1 atom stereocenters. The van der Waals surface area contributed by atoms with Gasteiger partial charge in [-0.2, -0.15) is 0 Å². The van der Waals surface area contributed by atoms with Crippen LogP contribution in [0.3, 0.4) is 0 Å². The van der Waals surface area contributed by atoms with Gasteiger partial charge in [0.05, 0.1) is 0 Å². The van der Waals surface area contributed by atoms with Crippen molar-refractivity contribution in [3.8, 4) is 0 Å². The van der Waals surface area contributed by atoms with E-state index in [9.17, 15) is 19.1 Å². The van der Waals surface area contributed by atoms with Crippen LogP contribution in [0.1, 0.15) is 18.4 Å². The van der Waals surface area contributed by atoms with Gasteiger partial charge in [-0.1, -0.05) is 12.1 Å². The summed E-state index contributed by atoms with van der Waals surface area (Å²) in [5.74, 6) is -2.28. The molecule has 1 aromatic rings. The average Bonchev–Trinajstić information content (AvgIpc) is 3.29. The number of rotatable bonds is 8. The number of nitrogens with one attached hydrogen (secondary N) is 2. The number of nitrogens with zero attached hydrogens (tertiary/aromatic N) is 1. The average molecular weight is 321 g/mol. The van der Waals surface area contributed by atoms with Crippen molar-refractivity contribution in [3.05, 3.63) is 41.8 Å². The van der Waals surface area contributed by atoms with Crippen molar-refractivity contribution in [2.24, 2.45) is 0 Å². The first-order chi connectivity index (χ1) is 10.9. The number of Topliss-reactive ketones (excluding diaryl/α,β-unsaturated/α-hetero) is 1. The van der Waals surface area contributed by atoms with Crippen LogP contribution in [0.15, 0.2) is 30.5 Å². The molecule has 1 fully saturated rings. The fraction of sp³-hybridized carbons (Fsp3) is 0.375. The molecule has 3 N–H and O–H groups in total. The molecule has 0 amide bonds. The molecule has 1 aromatic carbocycles. The van der Waals surface area contributed by atoms with Crippen molar-refractivity contribution in [2.75, 3.05) is 14.1 Å². The van der Waals surface area contributed by atoms with Crippen molar-refractivity contribution in [3.63, 3.8) is 0 Å². The van der Waals surface area contributed by atoms with E-state index < -0.39 is 23.6 Å². The third kappa shape index (κ3) is 4.87. The number of hydrazine groups is 1. The van der Waals surface area contributed by atoms with Gasteiger partial charge in [-0.25, -0.2) is 14.6 Å². The van der Waals surface area contributed by atoms with Crippen LogP contribution >= 0.6 is 0 Å². The van der Waals surface area contributed by atoms with Crippen LogP contribution in [-0.2, 0) is 9.59 Å². The lowest BCUT2D eigenvalue weighted by atomic mass is 9.98. The van der Waals surface area contributed by atoms with E-state index in [1.54, 1.807) is 19.0 Å². The molecule has 1 aliphatic rings. The van der Waals surface area contributed by atoms with E-state index in [4.69, 9.17) is 0 Å². The lowest BCUT2D eigenvalue weighted by molar-refractivity contribution is -0.142. The number of carbonyl (C=O) groups excluding carboxylic acids is 1. The molecule has 0 saturated heterocycles. The summed E-state index contributed by atoms with van der Waals surface area (Å²) < 4.78 is 13.1. The fourth-order valence-electron chi connectivity index (χ4n) is 1.99. The van der Waals surface area contributed by atoms with E-state index in [0.717, 1.165) is 12.8 Å². The molecule has 0 spiro atoms. The molecule has 2 rings (SSSR count). The predicted octanol–water partition coefficient (Wildman–Crippen LogP) is 1.01. The van der Waals surface area contributed by atoms with Crippen LogP contribution in [0.2, 0.25) is 0 Å². The molecule has 0 bridgehead atoms. The molecule has 1 aliphatic carbocycles. The van der Waals surface area contributed by atoms with E-state index in [1.807, 2.05) is 0 Å². The van der Waals surface area contributed by atoms with Gasteiger partial charge in [0.1, 0.15) is 5.82 Å². The Hall–Kier alpha value is -2.25. The summed E-state index contributed by atoms with van der Waals surface area (Å²) >= 11 is 0. The Labute approximate surface area is 133 Å². The Balaban J connectivity index is 2.26. The number of aliphatic carboxylic acids is 1. The van der Waals surface area contributed by atoms with Crippen LogP contribution < -0.4 is 10.9 Å². The SMILES string of the molecule is CN(C)/C=C(/C(=O)C(NNC1CC1)C(=O)O)c1ccc(F)cc1. The maximum atomic E-state index is 13.1. The topological polar surface area (TPSA) is 81.7 Å². The highest BCUT2D eigenvalue weighted by Gasteiger charge is 2.31. The molecule has 0 aliphatic heterocycles. The Morgan fingerprint density at radius 3 is 2.39 bits per heavy atom. The molecular formula is C16H20FN3O3. The van der Waals surface area contributed by atoms with E-state index in [-0.39, 0.29) is 11.6 Å². The van der Waals surface area contributed by atoms with Crippen LogP contribution in [0.4, 0.5) is 4.39 Å². The highest BCUT2D eigenvalue weighted by Crippen LogP contribution is 2.20. The number of carboxylic acid groups (broad SMARTS) is 1. The minimum Gasteiger partial charge on any atom is -0.480 e. The first-order valence-electron chi connectivity index (χ1n) is 7.30. The molecule has 23 heavy (non-hydrogen) atoms. The summed E-state index contributed by atoms with van der Waals surface area (Å²) in [5, 5.41) is 9.33. The molecule has 124 valence electrons. The lowest BCUT2D eigenvalue weighted by Crippen LogP contribution is -2.51. The highest BCUT2D eigenvalue weighted by molar-refractivity contribution is 6.28. The van der Waals surface area contributed by atoms with Crippen LogP contribution in [0, 0.1) is 5.82 Å². The fourth-order valence-corrected chi connectivity index (χ4v) is 1.99. The summed E-state index contributed by atoms with van der Waals surface area (Å²) in [5.41, 5.74) is 6.08. The van der Waals surface area contributed by atoms with Gasteiger partial charge >= 0.3 is 5.97 Å². The van der Waals surface area contributed by atoms with Crippen molar-refractivity contribution < 1.29 is 19.1 Å². The van der Waals surface area contributed by atoms with Crippen molar-refractivity contribution >= 4 is 17.3 Å². The lowest BCUT2D eigenvalue weighted by Gasteiger charge is -2.18. The van der Waals surface area contributed by atoms with Crippen LogP contribution in [0.25, 0.3) is 5.57 Å². The normalized spacial score (nSPS) is 16.0. The third-order valence-electron chi connectivity index (χ3n) is 3.33. The molecule has 1 saturated carbocycles. The van der Waals surface area contributed by atoms with Crippen molar-refractivity contribution in [1.29, 1.82) is 0 Å². The second-order valence-electron chi connectivity index (χ2n) is 5.71. The van der Waals surface area contributed by atoms with Gasteiger partial charge in [0.25, 0.3) is 0 Å². The summed E-state index contributed by atoms with van der Waals surface area (Å²) in [6, 6.07) is 4.17. The molecule has 1 unspecified atom stereocenters. The van der Waals surface area contributed by atoms with Gasteiger partial charge in [0.15, 0.2) is 11.8 Å². The molecular weight excluding hydrogens is 301 g/mol. The highest BCUT2D eigenvalue weighted by atomic mass is 19.1. The van der Waals surface area contributed by atoms with Crippen LogP contribution in [-0.4, -0.2) is 47.9 Å². The number of hydrogen-bond donors (Lipinski definition) is 3. The number of carbonyl (C=O) groups is 2. The largest absolute Gasteiger partial charge is 0.480 e. The Bertz CT molecular complexity index is 610. The van der Waals surface area contributed by atoms with E-state index >= 15 is 0 Å². The Morgan fingerprint density at radius 1 is 1.30 bits per heavy atom. The maximum absolute atomic E-state index is 13.1. The number of hydrogen-bond acceptors (Lipinski definition) is 5. The van der Waals surface area contributed by atoms with E-state index in [1.165, 1.54) is 30.5 Å². The predicted molar refractivity (Wildman–Crippen MR) is 83.8 cm³/mol. The van der Waals surface area contributed by atoms with Gasteiger partial charge in [-0.3, -0.25) is 10.2 Å². The van der Waals surface area contributed by atoms with Gasteiger partial charge < -0.3 is 10.0 Å². The smallest absolute Gasteiger partial charge is 0.330 e. The third-order valence-corrected chi connectivity index (χ3v) is 3.33. The number of halogens is 1. The molecule has 6 nitrogen and oxygen atoms in total. The number of benzene rings is 1. The number of carboxylic acids is 1. The van der Waals surface area contributed by atoms with Gasteiger partial charge in [0, 0.05) is 31.9 Å². The molecule has 0 heterocycles. The van der Waals surface area contributed by atoms with Crippen LogP contribution in [0.5, 0.6) is 0 Å². The van der Waals surface area contributed by atoms with Gasteiger partial charge in [-0.05, 0) is 30.5 Å². The summed E-state index contributed by atoms with van der Waals surface area (Å²) in [6.07, 6.45) is 3.43. The quantitative estimate of drug-likeness (QED) is 0.377. The van der Waals surface area contributed by atoms with Crippen molar-refractivity contribution in [2.45, 2.75) is 24.9 Å². The Kier molecular flexibility index (Phi) is 5.46. The van der Waals surface area contributed by atoms with E-state index in [0.29, 0.717) is 5.56 Å². The summed E-state index contributed by atoms with van der Waals surface area (Å²) in [6.45, 7) is 0. The van der Waals surface area contributed by atoms with Crippen molar-refractivity contribution in [1.82, 2.24) is 15.8 Å². The zero-order chi connectivity index (χ0) is 17.0. The Morgan fingerprint density at radius 2 is 1.91 bits per heavy atom. The first kappa shape index (κ1) is 17.1. The monoisotopic (exact) mass is 321 g/mol. The first-order valence-corrected chi connectivity index (χ1v) is 7.30. The maximum Gasteiger partial charge on any atom is 0.330 e. The van der Waals surface area contributed by atoms with Gasteiger partial charge in [-0.15, -0.1) is 0 Å². The zero-order valence-electron chi connectivity index (χ0n) is 13.0. The molecule has 0 aromatic heterocycles. The minimum absolute atomic E-state index is 0.201. The zero-order valence-corrected chi connectivity index (χ0v) is 13.0. The minimum atomic E-state index is -1.41. The second kappa shape index (κ2) is 7.34. The van der Waals surface area contributed by atoms with Gasteiger partial charge in [0.2, 0.25) is 0 Å². The van der Waals surface area contributed by atoms with E-state index in [2.05, 4.69) is 10.9 Å². The summed E-state index contributed by atoms with van der Waals surface area (Å²) in [7, 11) is 3.45. The summed E-state index contributed by atoms with van der Waals surface area (Å²) in [4.78, 5) is 25.7. The standard InChI is InChI=1S/C16H20FN3O3/c1-20(2)9-13(10-3-5-11(17)6-4-10)15(21)14(16(22)23)19-18-12-7-8-12/h3-6,9,12,14,18-19H,7-8H2,1-2H3,(H,22,23)/b13-9+. The number of ketones is 1. The molecule has 0 radical (unpaired) electrons. The molecule has 7 heteroatoms. The second-order valence-corrected chi connectivity index (χ2v) is 5.71.